The van der Waals surface area contributed by atoms with E-state index in [9.17, 15) is 17.6 Å². The lowest BCUT2D eigenvalue weighted by Gasteiger charge is -2.33. The number of hydrogen-bond acceptors (Lipinski definition) is 4. The number of Topliss-reactive ketones (excluding diaryl/α,β-unsaturated/α-hetero) is 1. The van der Waals surface area contributed by atoms with Gasteiger partial charge in [-0.2, -0.15) is 4.31 Å². The van der Waals surface area contributed by atoms with Crippen LogP contribution in [0.15, 0.2) is 24.3 Å². The van der Waals surface area contributed by atoms with Crippen molar-refractivity contribution >= 4 is 15.8 Å². The summed E-state index contributed by atoms with van der Waals surface area (Å²) in [6.45, 7) is 2.58. The van der Waals surface area contributed by atoms with Gasteiger partial charge in [0, 0.05) is 39.1 Å². The van der Waals surface area contributed by atoms with Crippen LogP contribution in [0.3, 0.4) is 0 Å². The van der Waals surface area contributed by atoms with E-state index in [1.807, 2.05) is 4.90 Å². The molecule has 2 rings (SSSR count). The van der Waals surface area contributed by atoms with E-state index in [1.165, 1.54) is 22.7 Å². The van der Waals surface area contributed by atoms with Crippen LogP contribution in [-0.2, 0) is 10.0 Å². The van der Waals surface area contributed by atoms with E-state index in [2.05, 4.69) is 0 Å². The molecular formula is C14H19FN2O3S. The predicted octanol–water partition coefficient (Wildman–Crippen LogP) is 0.976. The maximum Gasteiger partial charge on any atom is 0.211 e. The van der Waals surface area contributed by atoms with Crippen LogP contribution in [0, 0.1) is 5.82 Å². The molecule has 0 radical (unpaired) electrons. The number of carbonyl (C=O) groups excluding carboxylic acids is 1. The zero-order valence-corrected chi connectivity index (χ0v) is 12.8. The largest absolute Gasteiger partial charge is 0.300 e. The van der Waals surface area contributed by atoms with Crippen molar-refractivity contribution in [2.45, 2.75) is 6.42 Å². The monoisotopic (exact) mass is 314 g/mol. The van der Waals surface area contributed by atoms with Crippen molar-refractivity contribution in [1.82, 2.24) is 9.21 Å². The fraction of sp³-hybridized carbons (Fsp3) is 0.500. The molecule has 1 aliphatic rings. The third-order valence-electron chi connectivity index (χ3n) is 3.63. The van der Waals surface area contributed by atoms with Gasteiger partial charge in [-0.1, -0.05) is 12.1 Å². The maximum absolute atomic E-state index is 13.5. The summed E-state index contributed by atoms with van der Waals surface area (Å²) in [6, 6.07) is 5.95. The maximum atomic E-state index is 13.5. The highest BCUT2D eigenvalue weighted by Gasteiger charge is 2.23. The van der Waals surface area contributed by atoms with Gasteiger partial charge in [-0.05, 0) is 12.1 Å². The lowest BCUT2D eigenvalue weighted by Crippen LogP contribution is -2.48. The van der Waals surface area contributed by atoms with Gasteiger partial charge in [0.15, 0.2) is 5.78 Å². The van der Waals surface area contributed by atoms with E-state index in [-0.39, 0.29) is 17.8 Å². The molecule has 0 N–H and O–H groups in total. The number of benzene rings is 1. The van der Waals surface area contributed by atoms with Crippen LogP contribution < -0.4 is 0 Å². The van der Waals surface area contributed by atoms with Crippen molar-refractivity contribution in [3.05, 3.63) is 35.6 Å². The molecule has 0 amide bonds. The molecule has 1 aliphatic heterocycles. The summed E-state index contributed by atoms with van der Waals surface area (Å²) in [7, 11) is -3.14. The number of carbonyl (C=O) groups is 1. The minimum atomic E-state index is -3.14. The number of halogens is 1. The van der Waals surface area contributed by atoms with Gasteiger partial charge in [0.2, 0.25) is 10.0 Å². The Morgan fingerprint density at radius 1 is 1.19 bits per heavy atom. The first-order valence-electron chi connectivity index (χ1n) is 6.83. The molecule has 0 atom stereocenters. The van der Waals surface area contributed by atoms with Gasteiger partial charge in [-0.25, -0.2) is 12.8 Å². The van der Waals surface area contributed by atoms with Crippen LogP contribution in [-0.4, -0.2) is 62.4 Å². The summed E-state index contributed by atoms with van der Waals surface area (Å²) in [5.41, 5.74) is 0.118. The summed E-state index contributed by atoms with van der Waals surface area (Å²) >= 11 is 0. The highest BCUT2D eigenvalue weighted by atomic mass is 32.2. The van der Waals surface area contributed by atoms with E-state index in [0.717, 1.165) is 0 Å². The van der Waals surface area contributed by atoms with Crippen molar-refractivity contribution in [2.75, 3.05) is 39.0 Å². The first-order valence-corrected chi connectivity index (χ1v) is 8.68. The number of ketones is 1. The second kappa shape index (κ2) is 6.64. The summed E-state index contributed by atoms with van der Waals surface area (Å²) in [6.07, 6.45) is 1.43. The van der Waals surface area contributed by atoms with Crippen LogP contribution in [0.2, 0.25) is 0 Å². The Hall–Kier alpha value is -1.31. The second-order valence-electron chi connectivity index (χ2n) is 5.16. The topological polar surface area (TPSA) is 57.7 Å². The fourth-order valence-corrected chi connectivity index (χ4v) is 3.19. The lowest BCUT2D eigenvalue weighted by molar-refractivity contribution is 0.0948. The Labute approximate surface area is 124 Å². The normalized spacial score (nSPS) is 17.8. The van der Waals surface area contributed by atoms with Crippen molar-refractivity contribution in [1.29, 1.82) is 0 Å². The van der Waals surface area contributed by atoms with Gasteiger partial charge in [0.1, 0.15) is 5.82 Å². The van der Waals surface area contributed by atoms with E-state index in [1.54, 1.807) is 12.1 Å². The lowest BCUT2D eigenvalue weighted by atomic mass is 10.1. The number of piperazine rings is 1. The van der Waals surface area contributed by atoms with Crippen LogP contribution in [0.25, 0.3) is 0 Å². The Morgan fingerprint density at radius 2 is 1.81 bits per heavy atom. The Balaban J connectivity index is 1.83. The predicted molar refractivity (Wildman–Crippen MR) is 78.2 cm³/mol. The van der Waals surface area contributed by atoms with E-state index in [4.69, 9.17) is 0 Å². The van der Waals surface area contributed by atoms with Gasteiger partial charge in [0.25, 0.3) is 0 Å². The molecule has 0 aromatic heterocycles. The van der Waals surface area contributed by atoms with Crippen LogP contribution in [0.1, 0.15) is 16.8 Å². The summed E-state index contributed by atoms with van der Waals surface area (Å²) < 4.78 is 37.7. The minimum Gasteiger partial charge on any atom is -0.300 e. The van der Waals surface area contributed by atoms with Gasteiger partial charge in [0.05, 0.1) is 11.8 Å². The highest BCUT2D eigenvalue weighted by molar-refractivity contribution is 7.88. The van der Waals surface area contributed by atoms with E-state index >= 15 is 0 Å². The molecule has 7 heteroatoms. The number of nitrogens with zero attached hydrogens (tertiary/aromatic N) is 2. The van der Waals surface area contributed by atoms with Gasteiger partial charge < -0.3 is 4.90 Å². The number of sulfonamides is 1. The highest BCUT2D eigenvalue weighted by Crippen LogP contribution is 2.11. The average Bonchev–Trinajstić information content (AvgIpc) is 2.45. The number of rotatable bonds is 5. The Kier molecular flexibility index (Phi) is 5.08. The summed E-state index contributed by atoms with van der Waals surface area (Å²) in [5, 5.41) is 0. The first kappa shape index (κ1) is 16.1. The molecule has 5 nitrogen and oxygen atoms in total. The Bertz CT molecular complexity index is 610. The van der Waals surface area contributed by atoms with Crippen LogP contribution in [0.4, 0.5) is 4.39 Å². The molecule has 1 aromatic rings. The zero-order chi connectivity index (χ0) is 15.5. The summed E-state index contributed by atoms with van der Waals surface area (Å²) in [5.74, 6) is -0.719. The first-order chi connectivity index (χ1) is 9.88. The molecule has 0 aliphatic carbocycles. The van der Waals surface area contributed by atoms with Crippen LogP contribution >= 0.6 is 0 Å². The quantitative estimate of drug-likeness (QED) is 0.760. The van der Waals surface area contributed by atoms with Gasteiger partial charge in [-0.3, -0.25) is 4.79 Å². The zero-order valence-electron chi connectivity index (χ0n) is 12.0. The van der Waals surface area contributed by atoms with Crippen molar-refractivity contribution in [3.63, 3.8) is 0 Å². The van der Waals surface area contributed by atoms with Crippen molar-refractivity contribution < 1.29 is 17.6 Å². The minimum absolute atomic E-state index is 0.118. The van der Waals surface area contributed by atoms with Crippen molar-refractivity contribution in [3.8, 4) is 0 Å². The molecule has 1 heterocycles. The molecule has 116 valence electrons. The molecular weight excluding hydrogens is 295 g/mol. The van der Waals surface area contributed by atoms with Crippen molar-refractivity contribution in [2.24, 2.45) is 0 Å². The molecule has 1 saturated heterocycles. The smallest absolute Gasteiger partial charge is 0.211 e. The third kappa shape index (κ3) is 4.33. The molecule has 0 spiro atoms. The van der Waals surface area contributed by atoms with Crippen LogP contribution in [0.5, 0.6) is 0 Å². The van der Waals surface area contributed by atoms with Gasteiger partial charge >= 0.3 is 0 Å². The molecule has 0 unspecified atom stereocenters. The SMILES string of the molecule is CS(=O)(=O)N1CCN(CCC(=O)c2ccccc2F)CC1. The average molecular weight is 314 g/mol. The van der Waals surface area contributed by atoms with E-state index < -0.39 is 15.8 Å². The Morgan fingerprint density at radius 3 is 2.38 bits per heavy atom. The summed E-state index contributed by atoms with van der Waals surface area (Å²) in [4.78, 5) is 14.0. The molecule has 1 fully saturated rings. The molecule has 0 saturated carbocycles. The molecule has 0 bridgehead atoms. The molecule has 21 heavy (non-hydrogen) atoms. The number of hydrogen-bond donors (Lipinski definition) is 0. The third-order valence-corrected chi connectivity index (χ3v) is 4.93. The molecule has 1 aromatic carbocycles. The fourth-order valence-electron chi connectivity index (χ4n) is 2.37. The van der Waals surface area contributed by atoms with Gasteiger partial charge in [-0.15, -0.1) is 0 Å². The second-order valence-corrected chi connectivity index (χ2v) is 7.14. The van der Waals surface area contributed by atoms with E-state index in [0.29, 0.717) is 32.7 Å². The standard InChI is InChI=1S/C14H19FN2O3S/c1-21(19,20)17-10-8-16(9-11-17)7-6-14(18)12-4-2-3-5-13(12)15/h2-5H,6-11H2,1H3.